The molecule has 0 spiro atoms. The largest absolute Gasteiger partial charge is 0.354 e. The summed E-state index contributed by atoms with van der Waals surface area (Å²) in [5, 5.41) is 11.8. The molecule has 0 fully saturated rings. The lowest BCUT2D eigenvalue weighted by Gasteiger charge is -2.25. The average Bonchev–Trinajstić information content (AvgIpc) is 3.06. The molecule has 2 aliphatic carbocycles. The number of aryl methyl sites for hydroxylation is 2. The van der Waals surface area contributed by atoms with Gasteiger partial charge in [-0.15, -0.1) is 4.36 Å². The Morgan fingerprint density at radius 2 is 1.81 bits per heavy atom. The number of carbonyl (C=O) groups excluding carboxylic acids is 1. The van der Waals surface area contributed by atoms with Gasteiger partial charge in [-0.25, -0.2) is 14.1 Å². The second-order valence-electron chi connectivity index (χ2n) is 7.14. The Labute approximate surface area is 159 Å². The standard InChI is InChI=1S/C20H24N4O2S/c1-22-12-13-5-8-16(9-6-13)27(21,26)24-20(25)23-19-17-4-2-3-14(17)11-15-7-10-18(15)19/h5-6,8-9,11,22H,2-4,7,10,12H2,1H3,(H3,21,23,24,25,26)/t27-/m0/s1. The molecule has 2 aromatic carbocycles. The first-order valence-electron chi connectivity index (χ1n) is 9.24. The van der Waals surface area contributed by atoms with Gasteiger partial charge in [0.2, 0.25) is 0 Å². The Morgan fingerprint density at radius 3 is 2.48 bits per heavy atom. The summed E-state index contributed by atoms with van der Waals surface area (Å²) in [6.07, 6.45) is 5.13. The van der Waals surface area contributed by atoms with Crippen LogP contribution in [0.25, 0.3) is 0 Å². The SMILES string of the molecule is CNCc1ccc([S@@](N)(=O)=NC(=O)Nc2c3c(cc4c2CC4)CCC3)cc1. The van der Waals surface area contributed by atoms with Crippen molar-refractivity contribution in [3.8, 4) is 0 Å². The van der Waals surface area contributed by atoms with Crippen LogP contribution in [-0.4, -0.2) is 17.3 Å². The quantitative estimate of drug-likeness (QED) is 0.756. The van der Waals surface area contributed by atoms with Gasteiger partial charge in [-0.05, 0) is 79.1 Å². The van der Waals surface area contributed by atoms with Crippen molar-refractivity contribution in [1.29, 1.82) is 0 Å². The number of nitrogens with one attached hydrogen (secondary N) is 2. The maximum Gasteiger partial charge on any atom is 0.354 e. The normalized spacial score (nSPS) is 16.7. The Balaban J connectivity index is 1.60. The third-order valence-corrected chi connectivity index (χ3v) is 6.72. The van der Waals surface area contributed by atoms with Crippen molar-refractivity contribution < 1.29 is 9.00 Å². The summed E-state index contributed by atoms with van der Waals surface area (Å²) < 4.78 is 16.6. The number of nitrogens with two attached hydrogens (primary N) is 1. The zero-order valence-electron chi connectivity index (χ0n) is 15.4. The molecule has 142 valence electrons. The predicted molar refractivity (Wildman–Crippen MR) is 107 cm³/mol. The van der Waals surface area contributed by atoms with Crippen molar-refractivity contribution in [1.82, 2.24) is 5.32 Å². The number of benzene rings is 2. The van der Waals surface area contributed by atoms with Crippen LogP contribution in [0.1, 0.15) is 34.2 Å². The van der Waals surface area contributed by atoms with Crippen LogP contribution in [0, 0.1) is 0 Å². The molecule has 4 rings (SSSR count). The molecule has 2 aliphatic rings. The van der Waals surface area contributed by atoms with Crippen LogP contribution < -0.4 is 15.8 Å². The zero-order valence-corrected chi connectivity index (χ0v) is 16.2. The van der Waals surface area contributed by atoms with Crippen LogP contribution in [-0.2, 0) is 42.1 Å². The van der Waals surface area contributed by atoms with Crippen LogP contribution in [0.4, 0.5) is 10.5 Å². The van der Waals surface area contributed by atoms with Gasteiger partial charge in [-0.2, -0.15) is 0 Å². The van der Waals surface area contributed by atoms with Gasteiger partial charge >= 0.3 is 6.03 Å². The number of amides is 2. The Kier molecular flexibility index (Phi) is 4.75. The number of anilines is 1. The molecule has 2 amide bonds. The number of urea groups is 1. The molecule has 0 unspecified atom stereocenters. The van der Waals surface area contributed by atoms with E-state index in [4.69, 9.17) is 5.14 Å². The highest BCUT2D eigenvalue weighted by molar-refractivity contribution is 7.91. The minimum atomic E-state index is -3.29. The molecule has 7 heteroatoms. The van der Waals surface area contributed by atoms with Crippen LogP contribution in [0.15, 0.2) is 39.6 Å². The molecular formula is C20H24N4O2S. The minimum Gasteiger partial charge on any atom is -0.316 e. The van der Waals surface area contributed by atoms with Gasteiger partial charge in [-0.3, -0.25) is 0 Å². The Hall–Kier alpha value is -2.22. The molecule has 0 aliphatic heterocycles. The monoisotopic (exact) mass is 384 g/mol. The molecule has 0 aromatic heterocycles. The number of nitrogens with zero attached hydrogens (tertiary/aromatic N) is 1. The van der Waals surface area contributed by atoms with E-state index in [1.807, 2.05) is 19.2 Å². The highest BCUT2D eigenvalue weighted by Gasteiger charge is 2.26. The topological polar surface area (TPSA) is 96.6 Å². The van der Waals surface area contributed by atoms with E-state index >= 15 is 0 Å². The third kappa shape index (κ3) is 3.50. The number of rotatable bonds is 4. The average molecular weight is 385 g/mol. The van der Waals surface area contributed by atoms with E-state index in [9.17, 15) is 9.00 Å². The third-order valence-electron chi connectivity index (χ3n) is 5.34. The maximum absolute atomic E-state index is 12.8. The zero-order chi connectivity index (χ0) is 19.0. The molecule has 0 saturated heterocycles. The van der Waals surface area contributed by atoms with Crippen LogP contribution in [0.5, 0.6) is 0 Å². The second kappa shape index (κ2) is 7.07. The van der Waals surface area contributed by atoms with Gasteiger partial charge in [-0.1, -0.05) is 18.2 Å². The van der Waals surface area contributed by atoms with Crippen molar-refractivity contribution in [2.45, 2.75) is 43.5 Å². The molecule has 4 N–H and O–H groups in total. The molecule has 0 saturated carbocycles. The van der Waals surface area contributed by atoms with E-state index in [1.165, 1.54) is 22.3 Å². The lowest BCUT2D eigenvalue weighted by atomic mass is 9.83. The summed E-state index contributed by atoms with van der Waals surface area (Å²) in [5.41, 5.74) is 6.94. The Bertz CT molecular complexity index is 1020. The van der Waals surface area contributed by atoms with Crippen LogP contribution in [0.3, 0.4) is 0 Å². The van der Waals surface area contributed by atoms with Gasteiger partial charge in [0, 0.05) is 12.2 Å². The van der Waals surface area contributed by atoms with Gasteiger partial charge in [0.05, 0.1) is 4.90 Å². The highest BCUT2D eigenvalue weighted by atomic mass is 32.2. The number of fused-ring (bicyclic) bond motifs is 2. The van der Waals surface area contributed by atoms with Crippen molar-refractivity contribution in [2.24, 2.45) is 9.50 Å². The van der Waals surface area contributed by atoms with E-state index in [1.54, 1.807) is 12.1 Å². The number of hydrogen-bond acceptors (Lipinski definition) is 3. The van der Waals surface area contributed by atoms with Crippen molar-refractivity contribution in [3.63, 3.8) is 0 Å². The lowest BCUT2D eigenvalue weighted by molar-refractivity contribution is 0.260. The minimum absolute atomic E-state index is 0.351. The van der Waals surface area contributed by atoms with Gasteiger partial charge < -0.3 is 10.6 Å². The first-order valence-corrected chi connectivity index (χ1v) is 10.8. The summed E-state index contributed by atoms with van der Waals surface area (Å²) in [4.78, 5) is 12.9. The summed E-state index contributed by atoms with van der Waals surface area (Å²) in [6, 6.07) is 8.62. The van der Waals surface area contributed by atoms with Gasteiger partial charge in [0.1, 0.15) is 9.92 Å². The fraction of sp³-hybridized carbons (Fsp3) is 0.350. The maximum atomic E-state index is 12.8. The first kappa shape index (κ1) is 18.2. The van der Waals surface area contributed by atoms with E-state index in [0.717, 1.165) is 43.4 Å². The van der Waals surface area contributed by atoms with E-state index in [0.29, 0.717) is 11.4 Å². The number of carbonyl (C=O) groups is 1. The van der Waals surface area contributed by atoms with E-state index in [-0.39, 0.29) is 0 Å². The molecule has 1 atom stereocenters. The number of hydrogen-bond donors (Lipinski definition) is 3. The Morgan fingerprint density at radius 1 is 1.11 bits per heavy atom. The predicted octanol–water partition coefficient (Wildman–Crippen LogP) is 2.93. The van der Waals surface area contributed by atoms with Gasteiger partial charge in [0.15, 0.2) is 0 Å². The lowest BCUT2D eigenvalue weighted by Crippen LogP contribution is -2.21. The van der Waals surface area contributed by atoms with Crippen LogP contribution >= 0.6 is 0 Å². The fourth-order valence-corrected chi connectivity index (χ4v) is 4.83. The van der Waals surface area contributed by atoms with Crippen molar-refractivity contribution >= 4 is 21.6 Å². The van der Waals surface area contributed by atoms with Crippen molar-refractivity contribution in [2.75, 3.05) is 12.4 Å². The van der Waals surface area contributed by atoms with E-state index < -0.39 is 15.9 Å². The molecule has 0 heterocycles. The summed E-state index contributed by atoms with van der Waals surface area (Å²) >= 11 is 0. The molecule has 6 nitrogen and oxygen atoms in total. The smallest absolute Gasteiger partial charge is 0.316 e. The second-order valence-corrected chi connectivity index (χ2v) is 8.94. The van der Waals surface area contributed by atoms with Crippen molar-refractivity contribution in [3.05, 3.63) is 58.1 Å². The first-order chi connectivity index (χ1) is 13.0. The highest BCUT2D eigenvalue weighted by Crippen LogP contribution is 2.39. The molecule has 0 radical (unpaired) electrons. The molecular weight excluding hydrogens is 360 g/mol. The summed E-state index contributed by atoms with van der Waals surface area (Å²) in [7, 11) is -1.43. The van der Waals surface area contributed by atoms with Gasteiger partial charge in [0.25, 0.3) is 0 Å². The summed E-state index contributed by atoms with van der Waals surface area (Å²) in [5.74, 6) is 0. The summed E-state index contributed by atoms with van der Waals surface area (Å²) in [6.45, 7) is 0.702. The molecule has 0 bridgehead atoms. The van der Waals surface area contributed by atoms with E-state index in [2.05, 4.69) is 21.1 Å². The molecule has 2 aromatic rings. The fourth-order valence-electron chi connectivity index (χ4n) is 3.91. The molecule has 27 heavy (non-hydrogen) atoms. The van der Waals surface area contributed by atoms with Crippen LogP contribution in [0.2, 0.25) is 0 Å².